The highest BCUT2D eigenvalue weighted by molar-refractivity contribution is 7.91. The van der Waals surface area contributed by atoms with Crippen molar-refractivity contribution < 1.29 is 8.42 Å². The van der Waals surface area contributed by atoms with E-state index in [0.717, 1.165) is 17.2 Å². The van der Waals surface area contributed by atoms with Gasteiger partial charge in [0.25, 0.3) is 0 Å². The van der Waals surface area contributed by atoms with E-state index in [9.17, 15) is 8.42 Å². The fourth-order valence-electron chi connectivity index (χ4n) is 3.44. The summed E-state index contributed by atoms with van der Waals surface area (Å²) in [5.41, 5.74) is 0.961. The molecule has 0 amide bonds. The highest BCUT2D eigenvalue weighted by atomic mass is 32.2. The molecule has 1 saturated heterocycles. The molecule has 1 aromatic heterocycles. The van der Waals surface area contributed by atoms with Crippen molar-refractivity contribution in [1.82, 2.24) is 9.97 Å². The third kappa shape index (κ3) is 3.82. The van der Waals surface area contributed by atoms with Crippen molar-refractivity contribution in [2.75, 3.05) is 28.3 Å². The lowest BCUT2D eigenvalue weighted by molar-refractivity contribution is 0.599. The Balaban J connectivity index is 1.71. The van der Waals surface area contributed by atoms with Gasteiger partial charge in [-0.05, 0) is 26.2 Å². The second-order valence-electron chi connectivity index (χ2n) is 7.06. The molecular formula is C19H24N4O2S. The quantitative estimate of drug-likeness (QED) is 0.840. The molecule has 2 heterocycles. The summed E-state index contributed by atoms with van der Waals surface area (Å²) in [7, 11) is -2.94. The van der Waals surface area contributed by atoms with E-state index in [-0.39, 0.29) is 17.5 Å². The largest absolute Gasteiger partial charge is 0.367 e. The minimum absolute atomic E-state index is 0.0164. The van der Waals surface area contributed by atoms with Gasteiger partial charge in [-0.15, -0.1) is 0 Å². The second-order valence-corrected chi connectivity index (χ2v) is 9.29. The summed E-state index contributed by atoms with van der Waals surface area (Å²) in [4.78, 5) is 11.6. The molecular weight excluding hydrogens is 348 g/mol. The summed E-state index contributed by atoms with van der Waals surface area (Å²) >= 11 is 0. The molecule has 7 heteroatoms. The number of aromatic nitrogens is 2. The average Bonchev–Trinajstić information content (AvgIpc) is 3.37. The van der Waals surface area contributed by atoms with E-state index in [1.165, 1.54) is 12.8 Å². The van der Waals surface area contributed by atoms with Crippen LogP contribution in [0.2, 0.25) is 0 Å². The molecule has 0 radical (unpaired) electrons. The lowest BCUT2D eigenvalue weighted by Crippen LogP contribution is -2.37. The van der Waals surface area contributed by atoms with Gasteiger partial charge in [0.15, 0.2) is 15.7 Å². The molecule has 6 nitrogen and oxygen atoms in total. The number of hydrogen-bond acceptors (Lipinski definition) is 6. The maximum atomic E-state index is 11.9. The van der Waals surface area contributed by atoms with E-state index in [2.05, 4.69) is 15.2 Å². The van der Waals surface area contributed by atoms with E-state index in [0.29, 0.717) is 24.8 Å². The third-order valence-electron chi connectivity index (χ3n) is 4.96. The molecule has 2 aromatic rings. The predicted octanol–water partition coefficient (Wildman–Crippen LogP) is 2.73. The first kappa shape index (κ1) is 17.3. The van der Waals surface area contributed by atoms with E-state index in [4.69, 9.17) is 4.98 Å². The van der Waals surface area contributed by atoms with E-state index < -0.39 is 9.84 Å². The molecule has 1 aliphatic carbocycles. The van der Waals surface area contributed by atoms with Crippen LogP contribution in [0.1, 0.15) is 26.2 Å². The standard InChI is InChI=1S/C19H24N4O2S/c1-2-23(16-10-11-26(24,25)13-16)18-12-17(20-15-8-9-15)21-19(22-18)14-6-4-3-5-7-14/h3-7,12,15-16H,2,8-11,13H2,1H3,(H,20,21,22). The van der Waals surface area contributed by atoms with Gasteiger partial charge in [-0.3, -0.25) is 0 Å². The van der Waals surface area contributed by atoms with Crippen LogP contribution in [0.4, 0.5) is 11.6 Å². The van der Waals surface area contributed by atoms with Crippen molar-refractivity contribution >= 4 is 21.5 Å². The number of benzene rings is 1. The van der Waals surface area contributed by atoms with E-state index in [1.807, 2.05) is 43.3 Å². The maximum Gasteiger partial charge on any atom is 0.163 e. The fraction of sp³-hybridized carbons (Fsp3) is 0.474. The molecule has 1 unspecified atom stereocenters. The molecule has 0 bridgehead atoms. The van der Waals surface area contributed by atoms with Crippen LogP contribution in [0.3, 0.4) is 0 Å². The van der Waals surface area contributed by atoms with Crippen LogP contribution in [-0.2, 0) is 9.84 Å². The number of nitrogens with zero attached hydrogens (tertiary/aromatic N) is 3. The summed E-state index contributed by atoms with van der Waals surface area (Å²) in [6.07, 6.45) is 2.99. The van der Waals surface area contributed by atoms with Gasteiger partial charge in [0.05, 0.1) is 11.5 Å². The number of nitrogens with one attached hydrogen (secondary N) is 1. The first-order valence-electron chi connectivity index (χ1n) is 9.22. The first-order chi connectivity index (χ1) is 12.5. The highest BCUT2D eigenvalue weighted by Gasteiger charge is 2.33. The fourth-order valence-corrected chi connectivity index (χ4v) is 5.17. The van der Waals surface area contributed by atoms with Crippen LogP contribution >= 0.6 is 0 Å². The Morgan fingerprint density at radius 1 is 1.15 bits per heavy atom. The Labute approximate surface area is 154 Å². The van der Waals surface area contributed by atoms with Crippen molar-refractivity contribution in [3.63, 3.8) is 0 Å². The summed E-state index contributed by atoms with van der Waals surface area (Å²) in [5.74, 6) is 2.75. The number of hydrogen-bond donors (Lipinski definition) is 1. The Kier molecular flexibility index (Phi) is 4.56. The van der Waals surface area contributed by atoms with Crippen molar-refractivity contribution in [2.24, 2.45) is 0 Å². The summed E-state index contributed by atoms with van der Waals surface area (Å²) in [6, 6.07) is 12.3. The molecule has 1 atom stereocenters. The van der Waals surface area contributed by atoms with Crippen LogP contribution in [0.25, 0.3) is 11.4 Å². The Morgan fingerprint density at radius 3 is 2.54 bits per heavy atom. The van der Waals surface area contributed by atoms with Crippen LogP contribution in [0.5, 0.6) is 0 Å². The smallest absolute Gasteiger partial charge is 0.163 e. The molecule has 1 aromatic carbocycles. The SMILES string of the molecule is CCN(c1cc(NC2CC2)nc(-c2ccccc2)n1)C1CCS(=O)(=O)C1. The summed E-state index contributed by atoms with van der Waals surface area (Å²) < 4.78 is 23.9. The molecule has 26 heavy (non-hydrogen) atoms. The first-order valence-corrected chi connectivity index (χ1v) is 11.0. The van der Waals surface area contributed by atoms with E-state index in [1.54, 1.807) is 0 Å². The van der Waals surface area contributed by atoms with Gasteiger partial charge in [0.2, 0.25) is 0 Å². The van der Waals surface area contributed by atoms with Gasteiger partial charge in [0.1, 0.15) is 11.6 Å². The molecule has 2 fully saturated rings. The molecule has 1 saturated carbocycles. The second kappa shape index (κ2) is 6.87. The number of anilines is 2. The van der Waals surface area contributed by atoms with Gasteiger partial charge in [-0.1, -0.05) is 30.3 Å². The zero-order valence-electron chi connectivity index (χ0n) is 14.9. The van der Waals surface area contributed by atoms with Gasteiger partial charge in [-0.2, -0.15) is 0 Å². The Morgan fingerprint density at radius 2 is 1.92 bits per heavy atom. The number of sulfone groups is 1. The van der Waals surface area contributed by atoms with E-state index >= 15 is 0 Å². The minimum atomic E-state index is -2.94. The van der Waals surface area contributed by atoms with Crippen molar-refractivity contribution in [3.8, 4) is 11.4 Å². The monoisotopic (exact) mass is 372 g/mol. The topological polar surface area (TPSA) is 75.2 Å². The molecule has 4 rings (SSSR count). The van der Waals surface area contributed by atoms with Crippen molar-refractivity contribution in [3.05, 3.63) is 36.4 Å². The third-order valence-corrected chi connectivity index (χ3v) is 6.71. The molecule has 2 aliphatic rings. The molecule has 138 valence electrons. The zero-order chi connectivity index (χ0) is 18.1. The molecule has 1 aliphatic heterocycles. The van der Waals surface area contributed by atoms with Gasteiger partial charge >= 0.3 is 0 Å². The highest BCUT2D eigenvalue weighted by Crippen LogP contribution is 2.30. The summed E-state index contributed by atoms with van der Waals surface area (Å²) in [6.45, 7) is 2.76. The van der Waals surface area contributed by atoms with Crippen LogP contribution in [-0.4, -0.2) is 48.5 Å². The number of rotatable bonds is 6. The van der Waals surface area contributed by atoms with Crippen LogP contribution in [0.15, 0.2) is 36.4 Å². The van der Waals surface area contributed by atoms with Gasteiger partial charge < -0.3 is 10.2 Å². The predicted molar refractivity (Wildman–Crippen MR) is 104 cm³/mol. The Hall–Kier alpha value is -2.15. The molecule has 0 spiro atoms. The lowest BCUT2D eigenvalue weighted by Gasteiger charge is -2.28. The Bertz CT molecular complexity index is 882. The van der Waals surface area contributed by atoms with Crippen LogP contribution in [0, 0.1) is 0 Å². The van der Waals surface area contributed by atoms with Gasteiger partial charge in [0, 0.05) is 30.3 Å². The maximum absolute atomic E-state index is 11.9. The van der Waals surface area contributed by atoms with Crippen LogP contribution < -0.4 is 10.2 Å². The average molecular weight is 372 g/mol. The molecule has 1 N–H and O–H groups in total. The van der Waals surface area contributed by atoms with Gasteiger partial charge in [-0.25, -0.2) is 18.4 Å². The zero-order valence-corrected chi connectivity index (χ0v) is 15.7. The normalized spacial score (nSPS) is 21.5. The summed E-state index contributed by atoms with van der Waals surface area (Å²) in [5, 5.41) is 3.46. The minimum Gasteiger partial charge on any atom is -0.367 e. The van der Waals surface area contributed by atoms with Crippen molar-refractivity contribution in [1.29, 1.82) is 0 Å². The van der Waals surface area contributed by atoms with Crippen molar-refractivity contribution in [2.45, 2.75) is 38.3 Å². The lowest BCUT2D eigenvalue weighted by atomic mass is 10.2.